The van der Waals surface area contributed by atoms with Crippen molar-refractivity contribution in [1.29, 1.82) is 5.26 Å². The largest absolute Gasteiger partial charge is 0.334 e. The van der Waals surface area contributed by atoms with E-state index in [1.54, 1.807) is 24.4 Å². The Hall–Kier alpha value is -2.52. The standard InChI is InChI=1S/C14H7BrN4O/c15-11-6-9(8-16)5-10(7-11)14-18-13(19-20-14)12-3-1-2-4-17-12/h1-7H. The second-order valence-electron chi connectivity index (χ2n) is 3.98. The summed E-state index contributed by atoms with van der Waals surface area (Å²) in [6, 6.07) is 12.8. The van der Waals surface area contributed by atoms with E-state index >= 15 is 0 Å². The second-order valence-corrected chi connectivity index (χ2v) is 4.89. The van der Waals surface area contributed by atoms with Gasteiger partial charge in [-0.2, -0.15) is 10.2 Å². The lowest BCUT2D eigenvalue weighted by molar-refractivity contribution is 0.432. The fraction of sp³-hybridized carbons (Fsp3) is 0. The van der Waals surface area contributed by atoms with Crippen molar-refractivity contribution in [3.8, 4) is 29.0 Å². The topological polar surface area (TPSA) is 75.6 Å². The van der Waals surface area contributed by atoms with Crippen LogP contribution in [0.25, 0.3) is 23.0 Å². The molecule has 0 spiro atoms. The number of halogens is 1. The molecule has 0 saturated heterocycles. The van der Waals surface area contributed by atoms with Crippen LogP contribution in [0.5, 0.6) is 0 Å². The molecular formula is C14H7BrN4O. The van der Waals surface area contributed by atoms with Crippen molar-refractivity contribution < 1.29 is 4.52 Å². The zero-order chi connectivity index (χ0) is 13.9. The predicted octanol–water partition coefficient (Wildman–Crippen LogP) is 3.43. The number of hydrogen-bond acceptors (Lipinski definition) is 5. The maximum Gasteiger partial charge on any atom is 0.258 e. The summed E-state index contributed by atoms with van der Waals surface area (Å²) in [7, 11) is 0. The van der Waals surface area contributed by atoms with Gasteiger partial charge in [0, 0.05) is 16.2 Å². The molecule has 3 rings (SSSR count). The first-order valence-electron chi connectivity index (χ1n) is 5.72. The molecule has 0 aliphatic heterocycles. The lowest BCUT2D eigenvalue weighted by atomic mass is 10.1. The average Bonchev–Trinajstić information content (AvgIpc) is 2.97. The van der Waals surface area contributed by atoms with Crippen LogP contribution in [0, 0.1) is 11.3 Å². The smallest absolute Gasteiger partial charge is 0.258 e. The molecule has 5 nitrogen and oxygen atoms in total. The maximum absolute atomic E-state index is 8.97. The summed E-state index contributed by atoms with van der Waals surface area (Å²) >= 11 is 3.35. The van der Waals surface area contributed by atoms with Crippen LogP contribution in [-0.4, -0.2) is 15.1 Å². The number of benzene rings is 1. The minimum Gasteiger partial charge on any atom is -0.334 e. The van der Waals surface area contributed by atoms with Gasteiger partial charge in [0.25, 0.3) is 5.89 Å². The van der Waals surface area contributed by atoms with E-state index in [-0.39, 0.29) is 0 Å². The molecule has 0 aliphatic carbocycles. The molecule has 2 aromatic heterocycles. The highest BCUT2D eigenvalue weighted by atomic mass is 79.9. The van der Waals surface area contributed by atoms with Crippen LogP contribution >= 0.6 is 15.9 Å². The quantitative estimate of drug-likeness (QED) is 0.721. The molecule has 20 heavy (non-hydrogen) atoms. The van der Waals surface area contributed by atoms with Gasteiger partial charge >= 0.3 is 0 Å². The summed E-state index contributed by atoms with van der Waals surface area (Å²) < 4.78 is 6.01. The molecule has 0 bridgehead atoms. The monoisotopic (exact) mass is 326 g/mol. The van der Waals surface area contributed by atoms with Gasteiger partial charge in [0.1, 0.15) is 5.69 Å². The minimum absolute atomic E-state index is 0.350. The molecule has 6 heteroatoms. The lowest BCUT2D eigenvalue weighted by Crippen LogP contribution is -1.85. The Morgan fingerprint density at radius 2 is 2.10 bits per heavy atom. The Morgan fingerprint density at radius 1 is 1.20 bits per heavy atom. The van der Waals surface area contributed by atoms with Gasteiger partial charge in [-0.1, -0.05) is 27.2 Å². The molecule has 0 atom stereocenters. The van der Waals surface area contributed by atoms with E-state index in [2.05, 4.69) is 37.1 Å². The number of aromatic nitrogens is 3. The minimum atomic E-state index is 0.350. The molecule has 3 aromatic rings. The molecular weight excluding hydrogens is 320 g/mol. The third-order valence-electron chi connectivity index (χ3n) is 2.59. The van der Waals surface area contributed by atoms with Crippen LogP contribution in [0.4, 0.5) is 0 Å². The molecule has 96 valence electrons. The second kappa shape index (κ2) is 5.23. The molecule has 0 aliphatic rings. The van der Waals surface area contributed by atoms with Gasteiger partial charge in [0.15, 0.2) is 0 Å². The molecule has 1 aromatic carbocycles. The Labute approximate surface area is 123 Å². The first kappa shape index (κ1) is 12.5. The highest BCUT2D eigenvalue weighted by Crippen LogP contribution is 2.25. The normalized spacial score (nSPS) is 10.2. The number of hydrogen-bond donors (Lipinski definition) is 0. The van der Waals surface area contributed by atoms with Gasteiger partial charge in [-0.05, 0) is 30.3 Å². The van der Waals surface area contributed by atoms with Crippen molar-refractivity contribution in [1.82, 2.24) is 15.1 Å². The fourth-order valence-corrected chi connectivity index (χ4v) is 2.21. The SMILES string of the molecule is N#Cc1cc(Br)cc(-c2nc(-c3ccccn3)no2)c1. The van der Waals surface area contributed by atoms with Crippen LogP contribution in [0.3, 0.4) is 0 Å². The van der Waals surface area contributed by atoms with Crippen molar-refractivity contribution in [3.05, 3.63) is 52.6 Å². The van der Waals surface area contributed by atoms with Gasteiger partial charge < -0.3 is 4.52 Å². The number of nitriles is 1. The van der Waals surface area contributed by atoms with Crippen molar-refractivity contribution in [3.63, 3.8) is 0 Å². The van der Waals surface area contributed by atoms with E-state index in [4.69, 9.17) is 9.78 Å². The molecule has 2 heterocycles. The van der Waals surface area contributed by atoms with E-state index in [1.807, 2.05) is 18.2 Å². The zero-order valence-electron chi connectivity index (χ0n) is 10.1. The van der Waals surface area contributed by atoms with Crippen LogP contribution in [0.1, 0.15) is 5.56 Å². The summed E-state index contributed by atoms with van der Waals surface area (Å²) in [5, 5.41) is 12.9. The van der Waals surface area contributed by atoms with Crippen LogP contribution in [0.2, 0.25) is 0 Å². The van der Waals surface area contributed by atoms with Crippen LogP contribution in [0.15, 0.2) is 51.6 Å². The molecule has 0 N–H and O–H groups in total. The number of rotatable bonds is 2. The summed E-state index contributed by atoms with van der Waals surface area (Å²) in [6.07, 6.45) is 1.66. The average molecular weight is 327 g/mol. The van der Waals surface area contributed by atoms with Gasteiger partial charge in [-0.15, -0.1) is 0 Å². The van der Waals surface area contributed by atoms with Gasteiger partial charge in [-0.3, -0.25) is 4.98 Å². The third kappa shape index (κ3) is 2.44. The molecule has 0 fully saturated rings. The number of nitrogens with zero attached hydrogens (tertiary/aromatic N) is 4. The third-order valence-corrected chi connectivity index (χ3v) is 3.05. The Morgan fingerprint density at radius 3 is 2.85 bits per heavy atom. The Kier molecular flexibility index (Phi) is 3.27. The Bertz CT molecular complexity index is 792. The zero-order valence-corrected chi connectivity index (χ0v) is 11.7. The van der Waals surface area contributed by atoms with E-state index in [9.17, 15) is 0 Å². The van der Waals surface area contributed by atoms with E-state index in [1.165, 1.54) is 0 Å². The van der Waals surface area contributed by atoms with Crippen molar-refractivity contribution in [2.24, 2.45) is 0 Å². The maximum atomic E-state index is 8.97. The van der Waals surface area contributed by atoms with Gasteiger partial charge in [0.05, 0.1) is 11.6 Å². The van der Waals surface area contributed by atoms with Crippen molar-refractivity contribution in [2.75, 3.05) is 0 Å². The fourth-order valence-electron chi connectivity index (χ4n) is 1.72. The summed E-state index contributed by atoms with van der Waals surface area (Å²) in [6.45, 7) is 0. The molecule has 0 saturated carbocycles. The van der Waals surface area contributed by atoms with E-state index < -0.39 is 0 Å². The van der Waals surface area contributed by atoms with Gasteiger partial charge in [-0.25, -0.2) is 0 Å². The first-order chi connectivity index (χ1) is 9.76. The molecule has 0 radical (unpaired) electrons. The van der Waals surface area contributed by atoms with Crippen molar-refractivity contribution >= 4 is 15.9 Å². The summed E-state index contributed by atoms with van der Waals surface area (Å²) in [5.41, 5.74) is 1.84. The lowest BCUT2D eigenvalue weighted by Gasteiger charge is -1.97. The highest BCUT2D eigenvalue weighted by molar-refractivity contribution is 9.10. The molecule has 0 unspecified atom stereocenters. The predicted molar refractivity (Wildman–Crippen MR) is 75.4 cm³/mol. The summed E-state index contributed by atoms with van der Waals surface area (Å²) in [4.78, 5) is 8.46. The van der Waals surface area contributed by atoms with Crippen LogP contribution in [-0.2, 0) is 0 Å². The van der Waals surface area contributed by atoms with E-state index in [0.29, 0.717) is 28.5 Å². The molecule has 0 amide bonds. The highest BCUT2D eigenvalue weighted by Gasteiger charge is 2.12. The van der Waals surface area contributed by atoms with Gasteiger partial charge in [0.2, 0.25) is 5.82 Å². The summed E-state index contributed by atoms with van der Waals surface area (Å²) in [5.74, 6) is 0.766. The van der Waals surface area contributed by atoms with E-state index in [0.717, 1.165) is 4.47 Å². The van der Waals surface area contributed by atoms with Crippen LogP contribution < -0.4 is 0 Å². The number of pyridine rings is 1. The van der Waals surface area contributed by atoms with Crippen molar-refractivity contribution in [2.45, 2.75) is 0 Å². The Balaban J connectivity index is 2.03. The first-order valence-corrected chi connectivity index (χ1v) is 6.52.